The highest BCUT2D eigenvalue weighted by Gasteiger charge is 2.12. The van der Waals surface area contributed by atoms with Crippen molar-refractivity contribution in [1.82, 2.24) is 5.43 Å². The van der Waals surface area contributed by atoms with Crippen LogP contribution in [0.5, 0.6) is 0 Å². The topological polar surface area (TPSA) is 41.5 Å². The van der Waals surface area contributed by atoms with Crippen LogP contribution in [0.15, 0.2) is 5.10 Å². The van der Waals surface area contributed by atoms with Crippen LogP contribution in [0, 0.1) is 0 Å². The molecule has 1 heterocycles. The molecule has 0 fully saturated rings. The van der Waals surface area contributed by atoms with Crippen molar-refractivity contribution in [3.05, 3.63) is 0 Å². The van der Waals surface area contributed by atoms with E-state index >= 15 is 0 Å². The van der Waals surface area contributed by atoms with Crippen LogP contribution in [-0.2, 0) is 4.79 Å². The van der Waals surface area contributed by atoms with Crippen molar-refractivity contribution >= 4 is 11.6 Å². The van der Waals surface area contributed by atoms with Crippen LogP contribution in [0.3, 0.4) is 0 Å². The van der Waals surface area contributed by atoms with Gasteiger partial charge >= 0.3 is 0 Å². The number of hydrazone groups is 1. The molecule has 0 spiro atoms. The van der Waals surface area contributed by atoms with Gasteiger partial charge in [-0.25, -0.2) is 5.43 Å². The fourth-order valence-electron chi connectivity index (χ4n) is 1.13. The van der Waals surface area contributed by atoms with E-state index < -0.39 is 0 Å². The zero-order valence-corrected chi connectivity index (χ0v) is 6.89. The molecular weight excluding hydrogens is 140 g/mol. The summed E-state index contributed by atoms with van der Waals surface area (Å²) in [5.74, 6) is 0.0384. The number of carbonyl (C=O) groups is 1. The maximum absolute atomic E-state index is 10.7. The van der Waals surface area contributed by atoms with E-state index in [0.717, 1.165) is 18.6 Å². The Morgan fingerprint density at radius 2 is 2.36 bits per heavy atom. The first-order chi connectivity index (χ1) is 5.33. The first-order valence-electron chi connectivity index (χ1n) is 4.17. The Hall–Kier alpha value is -0.860. The Balaban J connectivity index is 2.13. The van der Waals surface area contributed by atoms with E-state index in [9.17, 15) is 4.79 Å². The van der Waals surface area contributed by atoms with Crippen LogP contribution in [0.1, 0.15) is 39.0 Å². The predicted molar refractivity (Wildman–Crippen MR) is 44.3 cm³/mol. The normalized spacial score (nSPS) is 16.5. The quantitative estimate of drug-likeness (QED) is 0.612. The molecule has 62 valence electrons. The van der Waals surface area contributed by atoms with Crippen LogP contribution in [0.25, 0.3) is 0 Å². The fourth-order valence-corrected chi connectivity index (χ4v) is 1.13. The maximum Gasteiger partial charge on any atom is 0.245 e. The summed E-state index contributed by atoms with van der Waals surface area (Å²) in [6.45, 7) is 2.17. The lowest BCUT2D eigenvalue weighted by Gasteiger charge is -1.95. The van der Waals surface area contributed by atoms with Crippen molar-refractivity contribution in [2.24, 2.45) is 5.10 Å². The Morgan fingerprint density at radius 1 is 1.55 bits per heavy atom. The van der Waals surface area contributed by atoms with Gasteiger partial charge in [0.25, 0.3) is 0 Å². The molecule has 0 atom stereocenters. The van der Waals surface area contributed by atoms with Gasteiger partial charge in [-0.3, -0.25) is 4.79 Å². The monoisotopic (exact) mass is 154 g/mol. The van der Waals surface area contributed by atoms with Crippen molar-refractivity contribution in [3.63, 3.8) is 0 Å². The largest absolute Gasteiger partial charge is 0.273 e. The van der Waals surface area contributed by atoms with Crippen LogP contribution in [0.4, 0.5) is 0 Å². The van der Waals surface area contributed by atoms with E-state index in [-0.39, 0.29) is 5.91 Å². The average molecular weight is 154 g/mol. The molecule has 0 aromatic rings. The SMILES string of the molecule is CCCCCC1=NNC(=O)C1. The predicted octanol–water partition coefficient (Wildman–Crippen LogP) is 1.44. The lowest BCUT2D eigenvalue weighted by molar-refractivity contribution is -0.119. The molecule has 0 saturated heterocycles. The number of hydrogen-bond donors (Lipinski definition) is 1. The van der Waals surface area contributed by atoms with Gasteiger partial charge in [-0.05, 0) is 12.8 Å². The van der Waals surface area contributed by atoms with E-state index in [1.807, 2.05) is 0 Å². The molecule has 1 aliphatic heterocycles. The maximum atomic E-state index is 10.7. The molecule has 0 unspecified atom stereocenters. The number of hydrogen-bond acceptors (Lipinski definition) is 2. The van der Waals surface area contributed by atoms with Crippen molar-refractivity contribution in [1.29, 1.82) is 0 Å². The van der Waals surface area contributed by atoms with Crippen molar-refractivity contribution < 1.29 is 4.79 Å². The number of nitrogens with one attached hydrogen (secondary N) is 1. The second-order valence-electron chi connectivity index (χ2n) is 2.85. The second-order valence-corrected chi connectivity index (χ2v) is 2.85. The minimum absolute atomic E-state index is 0.0384. The summed E-state index contributed by atoms with van der Waals surface area (Å²) in [5, 5.41) is 3.91. The highest BCUT2D eigenvalue weighted by molar-refractivity contribution is 6.04. The number of amides is 1. The molecular formula is C8H14N2O. The van der Waals surface area contributed by atoms with Crippen LogP contribution in [0.2, 0.25) is 0 Å². The Bertz CT molecular complexity index is 175. The van der Waals surface area contributed by atoms with Gasteiger partial charge in [-0.1, -0.05) is 19.8 Å². The Kier molecular flexibility index (Phi) is 3.08. The third kappa shape index (κ3) is 2.70. The first kappa shape index (κ1) is 8.24. The van der Waals surface area contributed by atoms with Crippen molar-refractivity contribution in [2.75, 3.05) is 0 Å². The van der Waals surface area contributed by atoms with E-state index in [4.69, 9.17) is 0 Å². The molecule has 1 rings (SSSR count). The van der Waals surface area contributed by atoms with Gasteiger partial charge in [0.15, 0.2) is 0 Å². The van der Waals surface area contributed by atoms with Gasteiger partial charge in [-0.2, -0.15) is 5.10 Å². The van der Waals surface area contributed by atoms with Gasteiger partial charge in [0.2, 0.25) is 5.91 Å². The lowest BCUT2D eigenvalue weighted by atomic mass is 10.1. The standard InChI is InChI=1S/C8H14N2O/c1-2-3-4-5-7-6-8(11)10-9-7/h2-6H2,1H3,(H,10,11). The Morgan fingerprint density at radius 3 is 2.91 bits per heavy atom. The summed E-state index contributed by atoms with van der Waals surface area (Å²) >= 11 is 0. The summed E-state index contributed by atoms with van der Waals surface area (Å²) in [6.07, 6.45) is 5.10. The van der Waals surface area contributed by atoms with Crippen LogP contribution < -0.4 is 5.43 Å². The summed E-state index contributed by atoms with van der Waals surface area (Å²) in [5.41, 5.74) is 3.46. The van der Waals surface area contributed by atoms with Crippen LogP contribution >= 0.6 is 0 Å². The van der Waals surface area contributed by atoms with Gasteiger partial charge in [0, 0.05) is 5.71 Å². The lowest BCUT2D eigenvalue weighted by Crippen LogP contribution is -2.09. The third-order valence-electron chi connectivity index (χ3n) is 1.77. The molecule has 0 saturated carbocycles. The molecule has 3 nitrogen and oxygen atoms in total. The third-order valence-corrected chi connectivity index (χ3v) is 1.77. The molecule has 0 aliphatic carbocycles. The zero-order valence-electron chi connectivity index (χ0n) is 6.89. The van der Waals surface area contributed by atoms with Crippen molar-refractivity contribution in [3.8, 4) is 0 Å². The highest BCUT2D eigenvalue weighted by atomic mass is 16.2. The summed E-state index contributed by atoms with van der Waals surface area (Å²) < 4.78 is 0. The van der Waals surface area contributed by atoms with E-state index in [2.05, 4.69) is 17.5 Å². The summed E-state index contributed by atoms with van der Waals surface area (Å²) in [6, 6.07) is 0. The van der Waals surface area contributed by atoms with E-state index in [0.29, 0.717) is 6.42 Å². The summed E-state index contributed by atoms with van der Waals surface area (Å²) in [7, 11) is 0. The fraction of sp³-hybridized carbons (Fsp3) is 0.750. The molecule has 0 bridgehead atoms. The second kappa shape index (κ2) is 4.11. The molecule has 1 amide bonds. The average Bonchev–Trinajstić information content (AvgIpc) is 2.37. The number of nitrogens with zero attached hydrogens (tertiary/aromatic N) is 1. The molecule has 0 aromatic carbocycles. The minimum atomic E-state index is 0.0384. The van der Waals surface area contributed by atoms with Crippen molar-refractivity contribution in [2.45, 2.75) is 39.0 Å². The van der Waals surface area contributed by atoms with E-state index in [1.165, 1.54) is 12.8 Å². The number of carbonyl (C=O) groups excluding carboxylic acids is 1. The van der Waals surface area contributed by atoms with Gasteiger partial charge in [-0.15, -0.1) is 0 Å². The smallest absolute Gasteiger partial charge is 0.245 e. The molecule has 3 heteroatoms. The van der Waals surface area contributed by atoms with Gasteiger partial charge < -0.3 is 0 Å². The number of unbranched alkanes of at least 4 members (excludes halogenated alkanes) is 2. The van der Waals surface area contributed by atoms with Gasteiger partial charge in [0.1, 0.15) is 0 Å². The highest BCUT2D eigenvalue weighted by Crippen LogP contribution is 2.06. The van der Waals surface area contributed by atoms with Crippen LogP contribution in [-0.4, -0.2) is 11.6 Å². The number of rotatable bonds is 4. The van der Waals surface area contributed by atoms with E-state index in [1.54, 1.807) is 0 Å². The summed E-state index contributed by atoms with van der Waals surface area (Å²) in [4.78, 5) is 10.7. The molecule has 0 radical (unpaired) electrons. The molecule has 1 aliphatic rings. The zero-order chi connectivity index (χ0) is 8.10. The molecule has 1 N–H and O–H groups in total. The minimum Gasteiger partial charge on any atom is -0.273 e. The first-order valence-corrected chi connectivity index (χ1v) is 4.17. The molecule has 0 aromatic heterocycles. The molecule has 11 heavy (non-hydrogen) atoms. The Labute approximate surface area is 66.9 Å². The van der Waals surface area contributed by atoms with Gasteiger partial charge in [0.05, 0.1) is 6.42 Å².